The number of carbonyl (C=O) groups is 1. The SMILES string of the molecule is CCCCCCCCCCCCCCC(O)C(=O)OC(C)C. The van der Waals surface area contributed by atoms with E-state index in [9.17, 15) is 9.90 Å². The summed E-state index contributed by atoms with van der Waals surface area (Å²) in [5, 5.41) is 9.65. The first-order valence-electron chi connectivity index (χ1n) is 9.46. The average Bonchev–Trinajstić information content (AvgIpc) is 2.47. The number of hydrogen-bond acceptors (Lipinski definition) is 3. The molecule has 1 unspecified atom stereocenters. The predicted octanol–water partition coefficient (Wildman–Crippen LogP) is 5.39. The van der Waals surface area contributed by atoms with Crippen LogP contribution in [0.15, 0.2) is 0 Å². The highest BCUT2D eigenvalue weighted by Crippen LogP contribution is 2.13. The predicted molar refractivity (Wildman–Crippen MR) is 92.9 cm³/mol. The van der Waals surface area contributed by atoms with Gasteiger partial charge < -0.3 is 9.84 Å². The number of carbonyl (C=O) groups excluding carboxylic acids is 1. The van der Waals surface area contributed by atoms with Gasteiger partial charge >= 0.3 is 5.97 Å². The van der Waals surface area contributed by atoms with E-state index in [1.165, 1.54) is 64.2 Å². The van der Waals surface area contributed by atoms with Crippen molar-refractivity contribution < 1.29 is 14.6 Å². The molecule has 1 atom stereocenters. The lowest BCUT2D eigenvalue weighted by molar-refractivity contribution is -0.157. The van der Waals surface area contributed by atoms with Gasteiger partial charge in [-0.25, -0.2) is 4.79 Å². The van der Waals surface area contributed by atoms with Gasteiger partial charge in [0.1, 0.15) is 0 Å². The number of esters is 1. The van der Waals surface area contributed by atoms with Crippen molar-refractivity contribution in [1.82, 2.24) is 0 Å². The molecule has 0 amide bonds. The van der Waals surface area contributed by atoms with Crippen LogP contribution < -0.4 is 0 Å². The molecule has 3 nitrogen and oxygen atoms in total. The van der Waals surface area contributed by atoms with Gasteiger partial charge in [-0.2, -0.15) is 0 Å². The Morgan fingerprint density at radius 3 is 1.64 bits per heavy atom. The van der Waals surface area contributed by atoms with E-state index < -0.39 is 12.1 Å². The molecule has 0 aliphatic carbocycles. The molecular weight excluding hydrogens is 276 g/mol. The zero-order valence-electron chi connectivity index (χ0n) is 15.1. The van der Waals surface area contributed by atoms with Gasteiger partial charge in [0, 0.05) is 0 Å². The Morgan fingerprint density at radius 1 is 0.818 bits per heavy atom. The zero-order chi connectivity index (χ0) is 16.6. The zero-order valence-corrected chi connectivity index (χ0v) is 15.1. The average molecular weight is 315 g/mol. The van der Waals surface area contributed by atoms with Crippen molar-refractivity contribution in [2.24, 2.45) is 0 Å². The van der Waals surface area contributed by atoms with Crippen LogP contribution in [-0.2, 0) is 9.53 Å². The Labute approximate surface area is 137 Å². The number of ether oxygens (including phenoxy) is 1. The molecule has 0 aliphatic rings. The fourth-order valence-electron chi connectivity index (χ4n) is 2.61. The second-order valence-corrected chi connectivity index (χ2v) is 6.68. The first-order valence-corrected chi connectivity index (χ1v) is 9.46. The summed E-state index contributed by atoms with van der Waals surface area (Å²) >= 11 is 0. The summed E-state index contributed by atoms with van der Waals surface area (Å²) in [4.78, 5) is 11.4. The molecule has 0 rings (SSSR count). The molecule has 0 heterocycles. The van der Waals surface area contributed by atoms with Crippen molar-refractivity contribution in [1.29, 1.82) is 0 Å². The standard InChI is InChI=1S/C19H38O3/c1-4-5-6-7-8-9-10-11-12-13-14-15-16-18(20)19(21)22-17(2)3/h17-18,20H,4-16H2,1-3H3. The quantitative estimate of drug-likeness (QED) is 0.325. The molecule has 0 saturated heterocycles. The smallest absolute Gasteiger partial charge is 0.335 e. The molecule has 0 fully saturated rings. The van der Waals surface area contributed by atoms with Gasteiger partial charge in [-0.15, -0.1) is 0 Å². The van der Waals surface area contributed by atoms with Crippen LogP contribution in [0.25, 0.3) is 0 Å². The molecule has 3 heteroatoms. The van der Waals surface area contributed by atoms with Gasteiger partial charge in [-0.05, 0) is 20.3 Å². The van der Waals surface area contributed by atoms with Crippen LogP contribution in [0.5, 0.6) is 0 Å². The minimum atomic E-state index is -0.939. The third kappa shape index (κ3) is 14.4. The van der Waals surface area contributed by atoms with Gasteiger partial charge in [0.25, 0.3) is 0 Å². The normalized spacial score (nSPS) is 12.6. The maximum Gasteiger partial charge on any atom is 0.335 e. The van der Waals surface area contributed by atoms with E-state index in [4.69, 9.17) is 4.74 Å². The Bertz CT molecular complexity index is 251. The van der Waals surface area contributed by atoms with Crippen LogP contribution in [-0.4, -0.2) is 23.3 Å². The number of rotatable bonds is 15. The summed E-state index contributed by atoms with van der Waals surface area (Å²) in [6, 6.07) is 0. The Kier molecular flexibility index (Phi) is 14.9. The van der Waals surface area contributed by atoms with Crippen LogP contribution in [0.4, 0.5) is 0 Å². The van der Waals surface area contributed by atoms with Crippen molar-refractivity contribution in [3.8, 4) is 0 Å². The van der Waals surface area contributed by atoms with Crippen LogP contribution in [0.3, 0.4) is 0 Å². The van der Waals surface area contributed by atoms with Crippen molar-refractivity contribution in [2.45, 2.75) is 116 Å². The van der Waals surface area contributed by atoms with E-state index >= 15 is 0 Å². The number of aliphatic hydroxyl groups is 1. The summed E-state index contributed by atoms with van der Waals surface area (Å²) in [5.74, 6) is -0.474. The fraction of sp³-hybridized carbons (Fsp3) is 0.947. The monoisotopic (exact) mass is 314 g/mol. The summed E-state index contributed by atoms with van der Waals surface area (Å²) < 4.78 is 4.98. The maximum atomic E-state index is 11.4. The summed E-state index contributed by atoms with van der Waals surface area (Å²) in [6.45, 7) is 5.86. The molecule has 0 aromatic carbocycles. The highest BCUT2D eigenvalue weighted by Gasteiger charge is 2.16. The number of aliphatic hydroxyl groups excluding tert-OH is 1. The molecule has 0 radical (unpaired) electrons. The molecule has 0 aromatic heterocycles. The van der Waals surface area contributed by atoms with Gasteiger partial charge in [0.15, 0.2) is 6.10 Å². The van der Waals surface area contributed by atoms with Crippen molar-refractivity contribution in [3.63, 3.8) is 0 Å². The van der Waals surface area contributed by atoms with Crippen molar-refractivity contribution >= 4 is 5.97 Å². The van der Waals surface area contributed by atoms with Crippen LogP contribution in [0.2, 0.25) is 0 Å². The van der Waals surface area contributed by atoms with Gasteiger partial charge in [-0.1, -0.05) is 84.0 Å². The van der Waals surface area contributed by atoms with Crippen LogP contribution in [0.1, 0.15) is 104 Å². The fourth-order valence-corrected chi connectivity index (χ4v) is 2.61. The van der Waals surface area contributed by atoms with Crippen LogP contribution in [0, 0.1) is 0 Å². The third-order valence-corrected chi connectivity index (χ3v) is 3.96. The summed E-state index contributed by atoms with van der Waals surface area (Å²) in [7, 11) is 0. The second-order valence-electron chi connectivity index (χ2n) is 6.68. The van der Waals surface area contributed by atoms with E-state index in [0.717, 1.165) is 12.8 Å². The van der Waals surface area contributed by atoms with Crippen LogP contribution >= 0.6 is 0 Å². The van der Waals surface area contributed by atoms with Crippen molar-refractivity contribution in [2.75, 3.05) is 0 Å². The Balaban J connectivity index is 3.24. The molecular formula is C19H38O3. The molecule has 132 valence electrons. The molecule has 22 heavy (non-hydrogen) atoms. The van der Waals surface area contributed by atoms with Gasteiger partial charge in [-0.3, -0.25) is 0 Å². The highest BCUT2D eigenvalue weighted by atomic mass is 16.6. The lowest BCUT2D eigenvalue weighted by Gasteiger charge is -2.12. The van der Waals surface area contributed by atoms with E-state index in [-0.39, 0.29) is 6.10 Å². The molecule has 0 aromatic rings. The largest absolute Gasteiger partial charge is 0.461 e. The third-order valence-electron chi connectivity index (χ3n) is 3.96. The topological polar surface area (TPSA) is 46.5 Å². The molecule has 0 aliphatic heterocycles. The first kappa shape index (κ1) is 21.4. The van der Waals surface area contributed by atoms with E-state index in [1.807, 2.05) is 0 Å². The number of hydrogen-bond donors (Lipinski definition) is 1. The van der Waals surface area contributed by atoms with E-state index in [0.29, 0.717) is 6.42 Å². The highest BCUT2D eigenvalue weighted by molar-refractivity contribution is 5.74. The maximum absolute atomic E-state index is 11.4. The van der Waals surface area contributed by atoms with Crippen molar-refractivity contribution in [3.05, 3.63) is 0 Å². The first-order chi connectivity index (χ1) is 10.6. The Morgan fingerprint density at radius 2 is 1.23 bits per heavy atom. The Hall–Kier alpha value is -0.570. The van der Waals surface area contributed by atoms with Gasteiger partial charge in [0.2, 0.25) is 0 Å². The summed E-state index contributed by atoms with van der Waals surface area (Å²) in [6.07, 6.45) is 14.9. The molecule has 0 spiro atoms. The van der Waals surface area contributed by atoms with E-state index in [2.05, 4.69) is 6.92 Å². The molecule has 0 bridgehead atoms. The summed E-state index contributed by atoms with van der Waals surface area (Å²) in [5.41, 5.74) is 0. The minimum absolute atomic E-state index is 0.149. The lowest BCUT2D eigenvalue weighted by Crippen LogP contribution is -2.25. The van der Waals surface area contributed by atoms with E-state index in [1.54, 1.807) is 13.8 Å². The minimum Gasteiger partial charge on any atom is -0.461 e. The second kappa shape index (κ2) is 15.3. The molecule has 1 N–H and O–H groups in total. The number of unbranched alkanes of at least 4 members (excludes halogenated alkanes) is 11. The lowest BCUT2D eigenvalue weighted by atomic mass is 10.0. The van der Waals surface area contributed by atoms with Gasteiger partial charge in [0.05, 0.1) is 6.10 Å². The molecule has 0 saturated carbocycles.